The molecule has 0 spiro atoms. The van der Waals surface area contributed by atoms with E-state index in [0.29, 0.717) is 0 Å². The fourth-order valence-corrected chi connectivity index (χ4v) is 2.43. The van der Waals surface area contributed by atoms with E-state index in [2.05, 4.69) is 17.3 Å². The Hall–Kier alpha value is -0.120. The largest absolute Gasteiger partial charge is 0.381 e. The summed E-state index contributed by atoms with van der Waals surface area (Å²) in [5.74, 6) is 0.878. The van der Waals surface area contributed by atoms with E-state index in [1.165, 1.54) is 38.9 Å². The minimum atomic E-state index is 0.717. The van der Waals surface area contributed by atoms with E-state index in [-0.39, 0.29) is 0 Å². The molecule has 0 radical (unpaired) electrons. The lowest BCUT2D eigenvalue weighted by molar-refractivity contribution is 0.0770. The Labute approximate surface area is 86.8 Å². The molecule has 14 heavy (non-hydrogen) atoms. The van der Waals surface area contributed by atoms with Crippen molar-refractivity contribution in [3.8, 4) is 0 Å². The highest BCUT2D eigenvalue weighted by Crippen LogP contribution is 2.14. The second-order valence-corrected chi connectivity index (χ2v) is 4.71. The van der Waals surface area contributed by atoms with E-state index in [9.17, 15) is 0 Å². The number of likely N-dealkylation sites (tertiary alicyclic amines) is 1. The van der Waals surface area contributed by atoms with Gasteiger partial charge in [0.2, 0.25) is 0 Å². The zero-order chi connectivity index (χ0) is 9.80. The van der Waals surface area contributed by atoms with Crippen LogP contribution in [0.15, 0.2) is 0 Å². The van der Waals surface area contributed by atoms with Crippen molar-refractivity contribution in [1.82, 2.24) is 10.2 Å². The normalized spacial score (nSPS) is 31.1. The third-order valence-electron chi connectivity index (χ3n) is 3.41. The molecule has 2 aliphatic heterocycles. The summed E-state index contributed by atoms with van der Waals surface area (Å²) < 4.78 is 5.34. The summed E-state index contributed by atoms with van der Waals surface area (Å²) in [7, 11) is 2.22. The standard InChI is InChI=1S/C11H22N2O/c1-13-5-2-10(9-13)8-12-11-3-6-14-7-4-11/h10-12H,2-9H2,1H3. The minimum Gasteiger partial charge on any atom is -0.381 e. The van der Waals surface area contributed by atoms with Crippen molar-refractivity contribution in [2.24, 2.45) is 5.92 Å². The van der Waals surface area contributed by atoms with Gasteiger partial charge >= 0.3 is 0 Å². The van der Waals surface area contributed by atoms with Gasteiger partial charge in [0.15, 0.2) is 0 Å². The van der Waals surface area contributed by atoms with Crippen LogP contribution in [0, 0.1) is 5.92 Å². The highest BCUT2D eigenvalue weighted by Gasteiger charge is 2.21. The molecule has 0 bridgehead atoms. The number of nitrogens with zero attached hydrogens (tertiary/aromatic N) is 1. The molecule has 0 aromatic heterocycles. The molecule has 2 heterocycles. The highest BCUT2D eigenvalue weighted by atomic mass is 16.5. The fourth-order valence-electron chi connectivity index (χ4n) is 2.43. The predicted octanol–water partition coefficient (Wildman–Crippen LogP) is 0.707. The van der Waals surface area contributed by atoms with Crippen molar-refractivity contribution in [3.63, 3.8) is 0 Å². The van der Waals surface area contributed by atoms with Crippen LogP contribution in [0.1, 0.15) is 19.3 Å². The van der Waals surface area contributed by atoms with Crippen LogP contribution in [-0.2, 0) is 4.74 Å². The van der Waals surface area contributed by atoms with Gasteiger partial charge in [-0.2, -0.15) is 0 Å². The van der Waals surface area contributed by atoms with Gasteiger partial charge in [0.25, 0.3) is 0 Å². The number of rotatable bonds is 3. The molecule has 2 fully saturated rings. The van der Waals surface area contributed by atoms with Gasteiger partial charge in [0.1, 0.15) is 0 Å². The van der Waals surface area contributed by atoms with E-state index in [1.54, 1.807) is 0 Å². The maximum Gasteiger partial charge on any atom is 0.0480 e. The fraction of sp³-hybridized carbons (Fsp3) is 1.00. The zero-order valence-electron chi connectivity index (χ0n) is 9.17. The van der Waals surface area contributed by atoms with Gasteiger partial charge in [-0.1, -0.05) is 0 Å². The highest BCUT2D eigenvalue weighted by molar-refractivity contribution is 4.78. The van der Waals surface area contributed by atoms with Gasteiger partial charge in [-0.25, -0.2) is 0 Å². The maximum absolute atomic E-state index is 5.34. The lowest BCUT2D eigenvalue weighted by Crippen LogP contribution is -2.38. The van der Waals surface area contributed by atoms with Crippen LogP contribution in [0.2, 0.25) is 0 Å². The molecule has 0 aromatic carbocycles. The lowest BCUT2D eigenvalue weighted by Gasteiger charge is -2.24. The second-order valence-electron chi connectivity index (χ2n) is 4.71. The molecular formula is C11H22N2O. The molecular weight excluding hydrogens is 176 g/mol. The Morgan fingerprint density at radius 3 is 2.71 bits per heavy atom. The molecule has 0 aliphatic carbocycles. The first-order valence-electron chi connectivity index (χ1n) is 5.84. The van der Waals surface area contributed by atoms with Gasteiger partial charge in [0, 0.05) is 25.8 Å². The minimum absolute atomic E-state index is 0.717. The Morgan fingerprint density at radius 1 is 1.29 bits per heavy atom. The van der Waals surface area contributed by atoms with Crippen LogP contribution in [0.25, 0.3) is 0 Å². The monoisotopic (exact) mass is 198 g/mol. The summed E-state index contributed by atoms with van der Waals surface area (Å²) in [6.45, 7) is 5.65. The Balaban J connectivity index is 1.61. The van der Waals surface area contributed by atoms with Crippen LogP contribution in [-0.4, -0.2) is 50.8 Å². The summed E-state index contributed by atoms with van der Waals surface area (Å²) in [5.41, 5.74) is 0. The van der Waals surface area contributed by atoms with E-state index in [0.717, 1.165) is 25.2 Å². The van der Waals surface area contributed by atoms with Crippen molar-refractivity contribution >= 4 is 0 Å². The van der Waals surface area contributed by atoms with Crippen molar-refractivity contribution in [2.45, 2.75) is 25.3 Å². The molecule has 1 atom stereocenters. The van der Waals surface area contributed by atoms with Crippen LogP contribution < -0.4 is 5.32 Å². The van der Waals surface area contributed by atoms with Gasteiger partial charge < -0.3 is 15.0 Å². The zero-order valence-corrected chi connectivity index (χ0v) is 9.17. The summed E-state index contributed by atoms with van der Waals surface area (Å²) >= 11 is 0. The number of hydrogen-bond acceptors (Lipinski definition) is 3. The molecule has 2 aliphatic rings. The molecule has 3 nitrogen and oxygen atoms in total. The van der Waals surface area contributed by atoms with Crippen LogP contribution >= 0.6 is 0 Å². The Kier molecular flexibility index (Phi) is 3.79. The first-order chi connectivity index (χ1) is 6.84. The average Bonchev–Trinajstić information content (AvgIpc) is 2.63. The molecule has 2 rings (SSSR count). The summed E-state index contributed by atoms with van der Waals surface area (Å²) in [6.07, 6.45) is 3.76. The van der Waals surface area contributed by atoms with Crippen LogP contribution in [0.5, 0.6) is 0 Å². The third-order valence-corrected chi connectivity index (χ3v) is 3.41. The van der Waals surface area contributed by atoms with Gasteiger partial charge in [-0.15, -0.1) is 0 Å². The van der Waals surface area contributed by atoms with E-state index < -0.39 is 0 Å². The van der Waals surface area contributed by atoms with Gasteiger partial charge in [-0.05, 0) is 45.3 Å². The number of hydrogen-bond donors (Lipinski definition) is 1. The number of ether oxygens (including phenoxy) is 1. The van der Waals surface area contributed by atoms with E-state index in [1.807, 2.05) is 0 Å². The molecule has 2 saturated heterocycles. The second kappa shape index (κ2) is 5.10. The van der Waals surface area contributed by atoms with Crippen molar-refractivity contribution in [2.75, 3.05) is 39.9 Å². The van der Waals surface area contributed by atoms with Crippen molar-refractivity contribution < 1.29 is 4.74 Å². The first kappa shape index (κ1) is 10.4. The SMILES string of the molecule is CN1CCC(CNC2CCOCC2)C1. The van der Waals surface area contributed by atoms with Crippen LogP contribution in [0.3, 0.4) is 0 Å². The van der Waals surface area contributed by atoms with E-state index in [4.69, 9.17) is 4.74 Å². The Bertz CT molecular complexity index is 164. The predicted molar refractivity (Wildman–Crippen MR) is 57.4 cm³/mol. The van der Waals surface area contributed by atoms with Gasteiger partial charge in [-0.3, -0.25) is 0 Å². The van der Waals surface area contributed by atoms with Gasteiger partial charge in [0.05, 0.1) is 0 Å². The molecule has 0 aromatic rings. The Morgan fingerprint density at radius 2 is 2.07 bits per heavy atom. The topological polar surface area (TPSA) is 24.5 Å². The molecule has 0 saturated carbocycles. The van der Waals surface area contributed by atoms with Crippen LogP contribution in [0.4, 0.5) is 0 Å². The van der Waals surface area contributed by atoms with Crippen molar-refractivity contribution in [1.29, 1.82) is 0 Å². The van der Waals surface area contributed by atoms with E-state index >= 15 is 0 Å². The maximum atomic E-state index is 5.34. The molecule has 1 N–H and O–H groups in total. The first-order valence-corrected chi connectivity index (χ1v) is 5.84. The summed E-state index contributed by atoms with van der Waals surface area (Å²) in [4.78, 5) is 2.43. The number of nitrogens with one attached hydrogen (secondary N) is 1. The molecule has 82 valence electrons. The summed E-state index contributed by atoms with van der Waals surface area (Å²) in [6, 6.07) is 0.717. The third kappa shape index (κ3) is 2.94. The summed E-state index contributed by atoms with van der Waals surface area (Å²) in [5, 5.41) is 3.68. The smallest absolute Gasteiger partial charge is 0.0480 e. The molecule has 3 heteroatoms. The quantitative estimate of drug-likeness (QED) is 0.723. The molecule has 1 unspecified atom stereocenters. The average molecular weight is 198 g/mol. The lowest BCUT2D eigenvalue weighted by atomic mass is 10.1. The molecule has 0 amide bonds. The van der Waals surface area contributed by atoms with Crippen molar-refractivity contribution in [3.05, 3.63) is 0 Å².